The number of sulfone groups is 1. The first kappa shape index (κ1) is 23.8. The average Bonchev–Trinajstić information content (AvgIpc) is 2.86. The molecule has 0 spiro atoms. The van der Waals surface area contributed by atoms with Crippen molar-refractivity contribution in [3.05, 3.63) is 65.5 Å². The minimum absolute atomic E-state index is 0.317. The number of aromatic nitrogens is 2. The summed E-state index contributed by atoms with van der Waals surface area (Å²) in [6, 6.07) is 13.1. The molecule has 8 heteroatoms. The van der Waals surface area contributed by atoms with Gasteiger partial charge in [0.25, 0.3) is 0 Å². The highest BCUT2D eigenvalue weighted by Crippen LogP contribution is 2.33. The molecule has 0 amide bonds. The SMILES string of the molecule is CCOc1cnc(-c2cc(Nc3cccc4c3CCN(C3CCS(=O)(=O)CC3)C4)ccc2C)cn1. The number of aryl methyl sites for hydroxylation is 1. The predicted octanol–water partition coefficient (Wildman–Crippen LogP) is 4.53. The van der Waals surface area contributed by atoms with E-state index in [0.717, 1.165) is 60.5 Å². The van der Waals surface area contributed by atoms with Crippen LogP contribution in [0.2, 0.25) is 0 Å². The third-order valence-electron chi connectivity index (χ3n) is 7.05. The van der Waals surface area contributed by atoms with Crippen LogP contribution >= 0.6 is 0 Å². The van der Waals surface area contributed by atoms with Crippen LogP contribution in [0.1, 0.15) is 36.5 Å². The van der Waals surface area contributed by atoms with E-state index < -0.39 is 9.84 Å². The fourth-order valence-corrected chi connectivity index (χ4v) is 6.58. The van der Waals surface area contributed by atoms with Crippen LogP contribution in [0.25, 0.3) is 11.3 Å². The molecular formula is C27H32N4O3S. The van der Waals surface area contributed by atoms with Gasteiger partial charge >= 0.3 is 0 Å². The Labute approximate surface area is 207 Å². The molecule has 1 aromatic heterocycles. The molecule has 3 aromatic rings. The third kappa shape index (κ3) is 5.33. The standard InChI is InChI=1S/C27H32N4O3S/c1-3-34-27-17-28-26(16-29-27)24-15-21(8-7-19(24)2)30-25-6-4-5-20-18-31(12-9-23(20)25)22-10-13-35(32,33)14-11-22/h4-8,15-17,22,30H,3,9-14,18H2,1-2H3. The molecule has 0 aliphatic carbocycles. The smallest absolute Gasteiger partial charge is 0.232 e. The van der Waals surface area contributed by atoms with Crippen LogP contribution < -0.4 is 10.1 Å². The number of nitrogens with one attached hydrogen (secondary N) is 1. The van der Waals surface area contributed by atoms with Crippen molar-refractivity contribution in [3.8, 4) is 17.1 Å². The van der Waals surface area contributed by atoms with E-state index in [1.165, 1.54) is 11.1 Å². The Morgan fingerprint density at radius 2 is 1.94 bits per heavy atom. The molecule has 0 unspecified atom stereocenters. The number of hydrogen-bond acceptors (Lipinski definition) is 7. The largest absolute Gasteiger partial charge is 0.477 e. The average molecular weight is 493 g/mol. The third-order valence-corrected chi connectivity index (χ3v) is 8.76. The molecule has 2 aliphatic rings. The fraction of sp³-hybridized carbons (Fsp3) is 0.407. The Morgan fingerprint density at radius 3 is 2.69 bits per heavy atom. The van der Waals surface area contributed by atoms with Gasteiger partial charge in [0.1, 0.15) is 9.84 Å². The van der Waals surface area contributed by atoms with Crippen LogP contribution in [0.15, 0.2) is 48.8 Å². The second kappa shape index (κ2) is 9.95. The molecule has 0 atom stereocenters. The Kier molecular flexibility index (Phi) is 6.75. The van der Waals surface area contributed by atoms with E-state index in [4.69, 9.17) is 4.74 Å². The zero-order chi connectivity index (χ0) is 24.4. The van der Waals surface area contributed by atoms with Crippen LogP contribution in [0.3, 0.4) is 0 Å². The summed E-state index contributed by atoms with van der Waals surface area (Å²) in [6.07, 6.45) is 5.86. The van der Waals surface area contributed by atoms with E-state index in [9.17, 15) is 8.42 Å². The van der Waals surface area contributed by atoms with Gasteiger partial charge in [0.2, 0.25) is 5.88 Å². The topological polar surface area (TPSA) is 84.4 Å². The van der Waals surface area contributed by atoms with Gasteiger partial charge in [-0.05, 0) is 68.0 Å². The highest BCUT2D eigenvalue weighted by atomic mass is 32.2. The van der Waals surface area contributed by atoms with Crippen LogP contribution in [0, 0.1) is 6.92 Å². The normalized spacial score (nSPS) is 18.1. The summed E-state index contributed by atoms with van der Waals surface area (Å²) < 4.78 is 29.1. The molecule has 1 N–H and O–H groups in total. The molecule has 35 heavy (non-hydrogen) atoms. The molecule has 184 valence electrons. The van der Waals surface area contributed by atoms with Gasteiger partial charge in [0, 0.05) is 36.1 Å². The Bertz CT molecular complexity index is 1290. The predicted molar refractivity (Wildman–Crippen MR) is 139 cm³/mol. The number of fused-ring (bicyclic) bond motifs is 1. The highest BCUT2D eigenvalue weighted by Gasteiger charge is 2.30. The highest BCUT2D eigenvalue weighted by molar-refractivity contribution is 7.91. The van der Waals surface area contributed by atoms with Gasteiger partial charge in [-0.2, -0.15) is 0 Å². The number of hydrogen-bond donors (Lipinski definition) is 1. The summed E-state index contributed by atoms with van der Waals surface area (Å²) in [6.45, 7) is 6.39. The summed E-state index contributed by atoms with van der Waals surface area (Å²) in [4.78, 5) is 11.4. The maximum Gasteiger partial charge on any atom is 0.232 e. The Hall–Kier alpha value is -2.97. The van der Waals surface area contributed by atoms with Crippen LogP contribution in [0.4, 0.5) is 11.4 Å². The summed E-state index contributed by atoms with van der Waals surface area (Å²) >= 11 is 0. The van der Waals surface area contributed by atoms with Crippen molar-refractivity contribution in [2.24, 2.45) is 0 Å². The van der Waals surface area contributed by atoms with Gasteiger partial charge in [0.05, 0.1) is 36.2 Å². The molecule has 0 saturated carbocycles. The maximum atomic E-state index is 11.8. The molecule has 2 aliphatic heterocycles. The second-order valence-electron chi connectivity index (χ2n) is 9.37. The van der Waals surface area contributed by atoms with Gasteiger partial charge in [-0.25, -0.2) is 18.4 Å². The minimum Gasteiger partial charge on any atom is -0.477 e. The minimum atomic E-state index is -2.84. The van der Waals surface area contributed by atoms with E-state index >= 15 is 0 Å². The van der Waals surface area contributed by atoms with Crippen molar-refractivity contribution >= 4 is 21.2 Å². The number of ether oxygens (including phenoxy) is 1. The van der Waals surface area contributed by atoms with Crippen molar-refractivity contribution in [1.82, 2.24) is 14.9 Å². The lowest BCUT2D eigenvalue weighted by Crippen LogP contribution is -2.43. The number of rotatable bonds is 6. The molecule has 7 nitrogen and oxygen atoms in total. The molecule has 0 radical (unpaired) electrons. The van der Waals surface area contributed by atoms with E-state index in [1.54, 1.807) is 12.4 Å². The summed E-state index contributed by atoms with van der Waals surface area (Å²) in [5.74, 6) is 1.16. The van der Waals surface area contributed by atoms with Crippen molar-refractivity contribution < 1.29 is 13.2 Å². The van der Waals surface area contributed by atoms with Gasteiger partial charge in [-0.1, -0.05) is 18.2 Å². The van der Waals surface area contributed by atoms with Crippen molar-refractivity contribution in [2.45, 2.75) is 45.7 Å². The molecule has 3 heterocycles. The zero-order valence-electron chi connectivity index (χ0n) is 20.3. The Balaban J connectivity index is 1.33. The Morgan fingerprint density at radius 1 is 1.11 bits per heavy atom. The van der Waals surface area contributed by atoms with Crippen molar-refractivity contribution in [3.63, 3.8) is 0 Å². The first-order chi connectivity index (χ1) is 16.9. The lowest BCUT2D eigenvalue weighted by molar-refractivity contribution is 0.167. The number of benzene rings is 2. The molecule has 1 fully saturated rings. The first-order valence-corrected chi connectivity index (χ1v) is 14.1. The summed E-state index contributed by atoms with van der Waals surface area (Å²) in [5.41, 5.74) is 7.78. The first-order valence-electron chi connectivity index (χ1n) is 12.3. The number of anilines is 2. The summed E-state index contributed by atoms with van der Waals surface area (Å²) in [5, 5.41) is 3.64. The van der Waals surface area contributed by atoms with Crippen molar-refractivity contribution in [2.75, 3.05) is 30.0 Å². The molecule has 1 saturated heterocycles. The van der Waals surface area contributed by atoms with E-state index in [1.807, 2.05) is 6.92 Å². The second-order valence-corrected chi connectivity index (χ2v) is 11.7. The van der Waals surface area contributed by atoms with Gasteiger partial charge in [-0.3, -0.25) is 4.90 Å². The van der Waals surface area contributed by atoms with Crippen LogP contribution in [0.5, 0.6) is 5.88 Å². The fourth-order valence-electron chi connectivity index (χ4n) is 5.11. The van der Waals surface area contributed by atoms with Gasteiger partial charge in [0.15, 0.2) is 0 Å². The van der Waals surface area contributed by atoms with Gasteiger partial charge in [-0.15, -0.1) is 0 Å². The quantitative estimate of drug-likeness (QED) is 0.541. The van der Waals surface area contributed by atoms with E-state index in [0.29, 0.717) is 30.0 Å². The zero-order valence-corrected chi connectivity index (χ0v) is 21.1. The summed E-state index contributed by atoms with van der Waals surface area (Å²) in [7, 11) is -2.84. The lowest BCUT2D eigenvalue weighted by Gasteiger charge is -2.38. The van der Waals surface area contributed by atoms with E-state index in [2.05, 4.69) is 63.5 Å². The number of nitrogens with zero attached hydrogens (tertiary/aromatic N) is 3. The molecule has 5 rings (SSSR count). The van der Waals surface area contributed by atoms with Crippen LogP contribution in [-0.2, 0) is 22.8 Å². The van der Waals surface area contributed by atoms with Gasteiger partial charge < -0.3 is 10.1 Å². The van der Waals surface area contributed by atoms with E-state index in [-0.39, 0.29) is 0 Å². The lowest BCUT2D eigenvalue weighted by atomic mass is 9.95. The molecular weight excluding hydrogens is 460 g/mol. The monoisotopic (exact) mass is 492 g/mol. The van der Waals surface area contributed by atoms with Crippen LogP contribution in [-0.4, -0.2) is 54.0 Å². The van der Waals surface area contributed by atoms with Crippen molar-refractivity contribution in [1.29, 1.82) is 0 Å². The molecule has 0 bridgehead atoms. The molecule has 2 aromatic carbocycles. The maximum absolute atomic E-state index is 11.8.